The molecule has 2 fully saturated rings. The van der Waals surface area contributed by atoms with Crippen LogP contribution < -0.4 is 0 Å². The fourth-order valence-electron chi connectivity index (χ4n) is 5.84. The molecule has 0 aliphatic heterocycles. The molecule has 0 bridgehead atoms. The lowest BCUT2D eigenvalue weighted by Crippen LogP contribution is -2.51. The van der Waals surface area contributed by atoms with Gasteiger partial charge in [0.05, 0.1) is 12.2 Å². The van der Waals surface area contributed by atoms with Gasteiger partial charge in [-0.2, -0.15) is 0 Å². The number of phenolic OH excluding ortho intramolecular Hbond substituents is 1. The molecular formula is C19H24F2O3. The van der Waals surface area contributed by atoms with Gasteiger partial charge in [-0.25, -0.2) is 8.78 Å². The summed E-state index contributed by atoms with van der Waals surface area (Å²) < 4.78 is 34.4. The molecule has 1 aromatic carbocycles. The standard InChI is InChI=1S/C19H24F2O3/c1-19-8-15(24-2)16-9-5-6-14(22)17(21)10(9)3-4-11(16)12(19)7-13(20)18(19)23/h5-6,11-13,15-16,18,22-23H,3-4,7-8H2,1-2H3/t11-,12-,13+,15-,16+,18-,19-/m0/s1. The maximum Gasteiger partial charge on any atom is 0.168 e. The maximum absolute atomic E-state index is 14.3. The molecule has 1 aromatic rings. The minimum absolute atomic E-state index is 0.00979. The van der Waals surface area contributed by atoms with E-state index >= 15 is 0 Å². The lowest BCUT2D eigenvalue weighted by molar-refractivity contribution is -0.0979. The van der Waals surface area contributed by atoms with Crippen molar-refractivity contribution >= 4 is 0 Å². The number of fused-ring (bicyclic) bond motifs is 5. The Kier molecular flexibility index (Phi) is 3.66. The number of rotatable bonds is 1. The molecule has 0 radical (unpaired) electrons. The van der Waals surface area contributed by atoms with Gasteiger partial charge in [-0.05, 0) is 54.7 Å². The fraction of sp³-hybridized carbons (Fsp3) is 0.684. The predicted octanol–water partition coefficient (Wildman–Crippen LogP) is 3.32. The average molecular weight is 338 g/mol. The number of hydrogen-bond donors (Lipinski definition) is 2. The predicted molar refractivity (Wildman–Crippen MR) is 85.1 cm³/mol. The van der Waals surface area contributed by atoms with Crippen molar-refractivity contribution in [2.45, 2.75) is 56.9 Å². The van der Waals surface area contributed by atoms with Crippen LogP contribution >= 0.6 is 0 Å². The Hall–Kier alpha value is -1.20. The van der Waals surface area contributed by atoms with Crippen LogP contribution in [0.5, 0.6) is 5.75 Å². The van der Waals surface area contributed by atoms with E-state index in [1.165, 1.54) is 6.07 Å². The number of benzene rings is 1. The zero-order valence-electron chi connectivity index (χ0n) is 14.0. The first kappa shape index (κ1) is 16.3. The van der Waals surface area contributed by atoms with Crippen molar-refractivity contribution in [1.82, 2.24) is 0 Å². The van der Waals surface area contributed by atoms with Crippen LogP contribution in [-0.2, 0) is 11.2 Å². The van der Waals surface area contributed by atoms with Gasteiger partial charge < -0.3 is 14.9 Å². The Balaban J connectivity index is 1.80. The molecule has 132 valence electrons. The summed E-state index contributed by atoms with van der Waals surface area (Å²) in [4.78, 5) is 0. The van der Waals surface area contributed by atoms with Crippen molar-refractivity contribution < 1.29 is 23.7 Å². The normalized spacial score (nSPS) is 43.9. The van der Waals surface area contributed by atoms with Crippen molar-refractivity contribution in [3.8, 4) is 5.75 Å². The molecule has 7 atom stereocenters. The van der Waals surface area contributed by atoms with Gasteiger partial charge in [0.1, 0.15) is 6.17 Å². The highest BCUT2D eigenvalue weighted by molar-refractivity contribution is 5.42. The molecule has 0 amide bonds. The second kappa shape index (κ2) is 5.40. The van der Waals surface area contributed by atoms with Crippen LogP contribution in [0.1, 0.15) is 43.2 Å². The molecule has 2 saturated carbocycles. The van der Waals surface area contributed by atoms with E-state index in [4.69, 9.17) is 4.74 Å². The highest BCUT2D eigenvalue weighted by Gasteiger charge is 2.61. The molecule has 0 unspecified atom stereocenters. The van der Waals surface area contributed by atoms with Crippen LogP contribution in [0.25, 0.3) is 0 Å². The Labute approximate surface area is 140 Å². The number of ether oxygens (including phenoxy) is 1. The molecule has 3 aliphatic rings. The van der Waals surface area contributed by atoms with E-state index in [1.807, 2.05) is 6.92 Å². The zero-order chi connectivity index (χ0) is 17.2. The van der Waals surface area contributed by atoms with Gasteiger partial charge >= 0.3 is 0 Å². The van der Waals surface area contributed by atoms with Crippen molar-refractivity contribution in [1.29, 1.82) is 0 Å². The zero-order valence-corrected chi connectivity index (χ0v) is 14.0. The van der Waals surface area contributed by atoms with Gasteiger partial charge in [0.15, 0.2) is 11.6 Å². The summed E-state index contributed by atoms with van der Waals surface area (Å²) in [5.41, 5.74) is 0.957. The number of aliphatic hydroxyl groups excluding tert-OH is 1. The molecule has 5 heteroatoms. The van der Waals surface area contributed by atoms with Crippen molar-refractivity contribution in [2.24, 2.45) is 17.3 Å². The molecule has 3 nitrogen and oxygen atoms in total. The average Bonchev–Trinajstić information content (AvgIpc) is 2.80. The van der Waals surface area contributed by atoms with Crippen LogP contribution in [-0.4, -0.2) is 35.7 Å². The number of halogens is 2. The fourth-order valence-corrected chi connectivity index (χ4v) is 5.84. The largest absolute Gasteiger partial charge is 0.505 e. The molecule has 0 spiro atoms. The van der Waals surface area contributed by atoms with Crippen LogP contribution in [0.15, 0.2) is 12.1 Å². The molecule has 4 rings (SSSR count). The summed E-state index contributed by atoms with van der Waals surface area (Å²) in [6.45, 7) is 1.97. The summed E-state index contributed by atoms with van der Waals surface area (Å²) in [6, 6.07) is 3.19. The Bertz CT molecular complexity index is 664. The summed E-state index contributed by atoms with van der Waals surface area (Å²) in [5, 5.41) is 20.1. The minimum atomic E-state index is -1.20. The molecule has 0 saturated heterocycles. The first-order chi connectivity index (χ1) is 11.4. The van der Waals surface area contributed by atoms with Gasteiger partial charge in [-0.3, -0.25) is 0 Å². The lowest BCUT2D eigenvalue weighted by atomic mass is 9.54. The number of methoxy groups -OCH3 is 1. The summed E-state index contributed by atoms with van der Waals surface area (Å²) in [5.74, 6) is -0.625. The third-order valence-corrected chi connectivity index (χ3v) is 7.01. The molecule has 2 N–H and O–H groups in total. The van der Waals surface area contributed by atoms with E-state index in [9.17, 15) is 19.0 Å². The van der Waals surface area contributed by atoms with Crippen molar-refractivity contribution in [3.63, 3.8) is 0 Å². The quantitative estimate of drug-likeness (QED) is 0.826. The van der Waals surface area contributed by atoms with Gasteiger partial charge in [0.2, 0.25) is 0 Å². The van der Waals surface area contributed by atoms with Crippen LogP contribution in [0.3, 0.4) is 0 Å². The number of alkyl halides is 1. The molecule has 3 aliphatic carbocycles. The number of phenols is 1. The monoisotopic (exact) mass is 338 g/mol. The van der Waals surface area contributed by atoms with E-state index in [-0.39, 0.29) is 29.6 Å². The molecule has 0 aromatic heterocycles. The molecule has 0 heterocycles. The second-order valence-electron chi connectivity index (χ2n) is 7.98. The third kappa shape index (κ3) is 2.00. The van der Waals surface area contributed by atoms with E-state index in [0.29, 0.717) is 24.8 Å². The number of aromatic hydroxyl groups is 1. The Morgan fingerprint density at radius 3 is 2.79 bits per heavy atom. The smallest absolute Gasteiger partial charge is 0.168 e. The Morgan fingerprint density at radius 2 is 2.08 bits per heavy atom. The topological polar surface area (TPSA) is 49.7 Å². The van der Waals surface area contributed by atoms with E-state index in [2.05, 4.69) is 0 Å². The first-order valence-corrected chi connectivity index (χ1v) is 8.73. The van der Waals surface area contributed by atoms with Crippen LogP contribution in [0.4, 0.5) is 8.78 Å². The maximum atomic E-state index is 14.3. The molecular weight excluding hydrogens is 314 g/mol. The molecule has 24 heavy (non-hydrogen) atoms. The second-order valence-corrected chi connectivity index (χ2v) is 7.98. The summed E-state index contributed by atoms with van der Waals surface area (Å²) in [7, 11) is 1.63. The van der Waals surface area contributed by atoms with E-state index in [1.54, 1.807) is 13.2 Å². The first-order valence-electron chi connectivity index (χ1n) is 8.73. The van der Waals surface area contributed by atoms with Crippen molar-refractivity contribution in [3.05, 3.63) is 29.1 Å². The van der Waals surface area contributed by atoms with E-state index < -0.39 is 23.5 Å². The summed E-state index contributed by atoms with van der Waals surface area (Å²) >= 11 is 0. The Morgan fingerprint density at radius 1 is 1.33 bits per heavy atom. The lowest BCUT2D eigenvalue weighted by Gasteiger charge is -2.52. The van der Waals surface area contributed by atoms with Gasteiger partial charge in [-0.15, -0.1) is 0 Å². The SMILES string of the molecule is CO[C@H]1C[C@]2(C)[C@@H](O)[C@H](F)C[C@H]2[C@@H]2CCc3c(ccc(O)c3F)[C@H]21. The summed E-state index contributed by atoms with van der Waals surface area (Å²) in [6.07, 6.45) is -0.138. The third-order valence-electron chi connectivity index (χ3n) is 7.01. The minimum Gasteiger partial charge on any atom is -0.505 e. The highest BCUT2D eigenvalue weighted by Crippen LogP contribution is 2.62. The van der Waals surface area contributed by atoms with E-state index in [0.717, 1.165) is 12.0 Å². The van der Waals surface area contributed by atoms with Crippen LogP contribution in [0.2, 0.25) is 0 Å². The van der Waals surface area contributed by atoms with Crippen molar-refractivity contribution in [2.75, 3.05) is 7.11 Å². The highest BCUT2D eigenvalue weighted by atomic mass is 19.1. The number of hydrogen-bond acceptors (Lipinski definition) is 3. The van der Waals surface area contributed by atoms with Gasteiger partial charge in [0.25, 0.3) is 0 Å². The van der Waals surface area contributed by atoms with Gasteiger partial charge in [0, 0.05) is 18.4 Å². The van der Waals surface area contributed by atoms with Gasteiger partial charge in [-0.1, -0.05) is 13.0 Å². The van der Waals surface area contributed by atoms with Crippen LogP contribution in [0, 0.1) is 23.1 Å². The number of aliphatic hydroxyl groups is 1.